The summed E-state index contributed by atoms with van der Waals surface area (Å²) in [5, 5.41) is 0.932. The summed E-state index contributed by atoms with van der Waals surface area (Å²) in [4.78, 5) is 7.57. The van der Waals surface area contributed by atoms with Crippen LogP contribution in [0, 0.1) is 0 Å². The molecule has 3 rings (SSSR count). The van der Waals surface area contributed by atoms with Crippen molar-refractivity contribution < 1.29 is 14.2 Å². The molecule has 2 atom stereocenters. The minimum atomic E-state index is -0.230. The van der Waals surface area contributed by atoms with Crippen LogP contribution in [0.5, 0.6) is 5.75 Å². The second-order valence-electron chi connectivity index (χ2n) is 5.16. The van der Waals surface area contributed by atoms with Gasteiger partial charge in [0.05, 0.1) is 12.5 Å². The number of methoxy groups -OCH3 is 1. The summed E-state index contributed by atoms with van der Waals surface area (Å²) in [6, 6.07) is 3.82. The van der Waals surface area contributed by atoms with Gasteiger partial charge in [0.25, 0.3) is 0 Å². The van der Waals surface area contributed by atoms with E-state index in [2.05, 4.69) is 9.97 Å². The zero-order valence-corrected chi connectivity index (χ0v) is 12.2. The van der Waals surface area contributed by atoms with Crippen LogP contribution in [0.25, 0.3) is 11.0 Å². The Balaban J connectivity index is 1.82. The van der Waals surface area contributed by atoms with Gasteiger partial charge in [0.2, 0.25) is 0 Å². The lowest BCUT2D eigenvalue weighted by Crippen LogP contribution is -2.27. The molecule has 0 bridgehead atoms. The first-order valence-corrected chi connectivity index (χ1v) is 7.30. The highest BCUT2D eigenvalue weighted by Gasteiger charge is 2.22. The van der Waals surface area contributed by atoms with Crippen LogP contribution in [-0.4, -0.2) is 36.5 Å². The molecular formula is C15H21N3O3. The number of hydrogen-bond donors (Lipinski definition) is 2. The summed E-state index contributed by atoms with van der Waals surface area (Å²) in [6.07, 6.45) is 4.45. The Hall–Kier alpha value is -1.63. The molecule has 0 aromatic carbocycles. The molecular weight excluding hydrogens is 270 g/mol. The Labute approximate surface area is 123 Å². The SMILES string of the molecule is COc1ccnc2[nH]c(C(CN)OC3CCCCO3)cc12. The first-order chi connectivity index (χ1) is 10.3. The smallest absolute Gasteiger partial charge is 0.158 e. The first-order valence-electron chi connectivity index (χ1n) is 7.30. The van der Waals surface area contributed by atoms with Crippen LogP contribution in [0.3, 0.4) is 0 Å². The van der Waals surface area contributed by atoms with Crippen molar-refractivity contribution in [3.05, 3.63) is 24.0 Å². The second kappa shape index (κ2) is 6.43. The average molecular weight is 291 g/mol. The third kappa shape index (κ3) is 3.02. The van der Waals surface area contributed by atoms with Gasteiger partial charge in [-0.05, 0) is 31.4 Å². The standard InChI is InChI=1S/C15H21N3O3/c1-19-12-5-6-17-15-10(12)8-11(18-15)13(9-16)21-14-4-2-3-7-20-14/h5-6,8,13-14H,2-4,7,9,16H2,1H3,(H,17,18). The van der Waals surface area contributed by atoms with Gasteiger partial charge in [-0.25, -0.2) is 4.98 Å². The number of pyridine rings is 1. The molecule has 1 fully saturated rings. The number of aromatic amines is 1. The van der Waals surface area contributed by atoms with E-state index in [4.69, 9.17) is 19.9 Å². The van der Waals surface area contributed by atoms with Crippen molar-refractivity contribution in [1.82, 2.24) is 9.97 Å². The van der Waals surface area contributed by atoms with Crippen LogP contribution in [0.2, 0.25) is 0 Å². The maximum absolute atomic E-state index is 5.98. The summed E-state index contributed by atoms with van der Waals surface area (Å²) in [5.41, 5.74) is 7.54. The van der Waals surface area contributed by atoms with E-state index in [0.717, 1.165) is 48.3 Å². The topological polar surface area (TPSA) is 82.4 Å². The Morgan fingerprint density at radius 1 is 1.52 bits per heavy atom. The van der Waals surface area contributed by atoms with Crippen molar-refractivity contribution >= 4 is 11.0 Å². The van der Waals surface area contributed by atoms with Gasteiger partial charge in [-0.1, -0.05) is 0 Å². The summed E-state index contributed by atoms with van der Waals surface area (Å²) in [7, 11) is 1.65. The summed E-state index contributed by atoms with van der Waals surface area (Å²) in [5.74, 6) is 0.784. The molecule has 3 heterocycles. The predicted octanol–water partition coefficient (Wildman–Crippen LogP) is 2.11. The zero-order chi connectivity index (χ0) is 14.7. The van der Waals surface area contributed by atoms with E-state index in [1.807, 2.05) is 12.1 Å². The Kier molecular flexibility index (Phi) is 4.38. The van der Waals surface area contributed by atoms with Crippen LogP contribution in [0.4, 0.5) is 0 Å². The molecule has 6 nitrogen and oxygen atoms in total. The quantitative estimate of drug-likeness (QED) is 0.881. The van der Waals surface area contributed by atoms with Gasteiger partial charge >= 0.3 is 0 Å². The van der Waals surface area contributed by atoms with E-state index in [1.165, 1.54) is 0 Å². The number of rotatable bonds is 5. The largest absolute Gasteiger partial charge is 0.496 e. The van der Waals surface area contributed by atoms with Crippen LogP contribution in [0.1, 0.15) is 31.1 Å². The molecule has 0 amide bonds. The molecule has 114 valence electrons. The lowest BCUT2D eigenvalue weighted by Gasteiger charge is -2.26. The molecule has 0 radical (unpaired) electrons. The van der Waals surface area contributed by atoms with E-state index in [1.54, 1.807) is 13.3 Å². The zero-order valence-electron chi connectivity index (χ0n) is 12.2. The molecule has 1 aliphatic heterocycles. The van der Waals surface area contributed by atoms with E-state index in [9.17, 15) is 0 Å². The normalized spacial score (nSPS) is 20.6. The summed E-state index contributed by atoms with van der Waals surface area (Å²) >= 11 is 0. The van der Waals surface area contributed by atoms with E-state index < -0.39 is 0 Å². The number of nitrogens with zero attached hydrogens (tertiary/aromatic N) is 1. The predicted molar refractivity (Wildman–Crippen MR) is 79.1 cm³/mol. The number of ether oxygens (including phenoxy) is 3. The Morgan fingerprint density at radius 3 is 3.14 bits per heavy atom. The van der Waals surface area contributed by atoms with Gasteiger partial charge < -0.3 is 24.9 Å². The van der Waals surface area contributed by atoms with Gasteiger partial charge in [0.1, 0.15) is 17.5 Å². The lowest BCUT2D eigenvalue weighted by atomic mass is 10.2. The van der Waals surface area contributed by atoms with Gasteiger partial charge in [-0.3, -0.25) is 0 Å². The fourth-order valence-corrected chi connectivity index (χ4v) is 2.63. The van der Waals surface area contributed by atoms with Crippen LogP contribution < -0.4 is 10.5 Å². The third-order valence-electron chi connectivity index (χ3n) is 3.75. The molecule has 0 saturated carbocycles. The fraction of sp³-hybridized carbons (Fsp3) is 0.533. The Bertz CT molecular complexity index is 593. The van der Waals surface area contributed by atoms with Crippen molar-refractivity contribution in [2.75, 3.05) is 20.3 Å². The van der Waals surface area contributed by atoms with Gasteiger partial charge in [-0.15, -0.1) is 0 Å². The molecule has 2 aromatic heterocycles. The summed E-state index contributed by atoms with van der Waals surface area (Å²) < 4.78 is 16.9. The molecule has 1 aliphatic rings. The molecule has 2 unspecified atom stereocenters. The van der Waals surface area contributed by atoms with Crippen molar-refractivity contribution in [2.45, 2.75) is 31.7 Å². The van der Waals surface area contributed by atoms with Gasteiger partial charge in [0, 0.05) is 25.0 Å². The van der Waals surface area contributed by atoms with Crippen LogP contribution in [-0.2, 0) is 9.47 Å². The number of hydrogen-bond acceptors (Lipinski definition) is 5. The highest BCUT2D eigenvalue weighted by Crippen LogP contribution is 2.29. The molecule has 0 aliphatic carbocycles. The van der Waals surface area contributed by atoms with Crippen molar-refractivity contribution in [2.24, 2.45) is 5.73 Å². The number of H-pyrrole nitrogens is 1. The Morgan fingerprint density at radius 2 is 2.43 bits per heavy atom. The molecule has 21 heavy (non-hydrogen) atoms. The highest BCUT2D eigenvalue weighted by molar-refractivity contribution is 5.83. The maximum Gasteiger partial charge on any atom is 0.158 e. The van der Waals surface area contributed by atoms with Crippen molar-refractivity contribution in [3.8, 4) is 5.75 Å². The number of nitrogens with two attached hydrogens (primary N) is 1. The third-order valence-corrected chi connectivity index (χ3v) is 3.75. The van der Waals surface area contributed by atoms with Gasteiger partial charge in [-0.2, -0.15) is 0 Å². The first kappa shape index (κ1) is 14.3. The molecule has 0 spiro atoms. The monoisotopic (exact) mass is 291 g/mol. The lowest BCUT2D eigenvalue weighted by molar-refractivity contribution is -0.188. The molecule has 3 N–H and O–H groups in total. The number of nitrogens with one attached hydrogen (secondary N) is 1. The minimum absolute atomic E-state index is 0.173. The van der Waals surface area contributed by atoms with E-state index in [0.29, 0.717) is 6.54 Å². The van der Waals surface area contributed by atoms with E-state index in [-0.39, 0.29) is 12.4 Å². The molecule has 6 heteroatoms. The average Bonchev–Trinajstić information content (AvgIpc) is 2.97. The van der Waals surface area contributed by atoms with Crippen LogP contribution in [0.15, 0.2) is 18.3 Å². The van der Waals surface area contributed by atoms with Gasteiger partial charge in [0.15, 0.2) is 6.29 Å². The van der Waals surface area contributed by atoms with Crippen LogP contribution >= 0.6 is 0 Å². The highest BCUT2D eigenvalue weighted by atomic mass is 16.7. The minimum Gasteiger partial charge on any atom is -0.496 e. The van der Waals surface area contributed by atoms with Crippen molar-refractivity contribution in [3.63, 3.8) is 0 Å². The molecule has 1 saturated heterocycles. The van der Waals surface area contributed by atoms with Crippen molar-refractivity contribution in [1.29, 1.82) is 0 Å². The number of aromatic nitrogens is 2. The maximum atomic E-state index is 5.98. The summed E-state index contributed by atoms with van der Waals surface area (Å²) in [6.45, 7) is 1.14. The number of fused-ring (bicyclic) bond motifs is 1. The van der Waals surface area contributed by atoms with E-state index >= 15 is 0 Å². The molecule has 2 aromatic rings. The second-order valence-corrected chi connectivity index (χ2v) is 5.16. The fourth-order valence-electron chi connectivity index (χ4n) is 2.63.